The molecule has 3 aliphatic heterocycles. The topological polar surface area (TPSA) is 52.6 Å². The van der Waals surface area contributed by atoms with Crippen molar-refractivity contribution in [2.24, 2.45) is 0 Å². The van der Waals surface area contributed by atoms with Gasteiger partial charge in [-0.2, -0.15) is 0 Å². The number of fused-ring (bicyclic) bond motifs is 1. The van der Waals surface area contributed by atoms with Crippen LogP contribution in [0.1, 0.15) is 55.4 Å². The molecule has 0 saturated carbocycles. The molecule has 55 heavy (non-hydrogen) atoms. The van der Waals surface area contributed by atoms with Gasteiger partial charge in [0.15, 0.2) is 12.1 Å². The monoisotopic (exact) mass is 778 g/mol. The van der Waals surface area contributed by atoms with E-state index in [1.54, 1.807) is 0 Å². The van der Waals surface area contributed by atoms with Crippen molar-refractivity contribution in [1.29, 1.82) is 0 Å². The lowest BCUT2D eigenvalue weighted by Crippen LogP contribution is -2.72. The lowest BCUT2D eigenvalue weighted by atomic mass is 9.95. The Kier molecular flexibility index (Phi) is 11.3. The molecule has 7 rings (SSSR count). The Morgan fingerprint density at radius 2 is 1.02 bits per heavy atom. The fraction of sp³-hybridized carbons (Fsp3) is 0.478. The Labute approximate surface area is 332 Å². The molecule has 3 fully saturated rings. The van der Waals surface area contributed by atoms with Crippen molar-refractivity contribution in [1.82, 2.24) is 9.80 Å². The molecule has 4 aromatic carbocycles. The molecule has 0 bridgehead atoms. The quantitative estimate of drug-likeness (QED) is 0.173. The summed E-state index contributed by atoms with van der Waals surface area (Å²) >= 11 is 0. The van der Waals surface area contributed by atoms with Gasteiger partial charge in [0, 0.05) is 32.7 Å². The van der Waals surface area contributed by atoms with Gasteiger partial charge in [-0.3, -0.25) is 4.90 Å². The summed E-state index contributed by atoms with van der Waals surface area (Å²) in [6.45, 7) is 22.7. The summed E-state index contributed by atoms with van der Waals surface area (Å²) in [6.07, 6.45) is -1.59. The molecule has 0 aliphatic carbocycles. The van der Waals surface area contributed by atoms with Crippen LogP contribution in [0, 0.1) is 0 Å². The van der Waals surface area contributed by atoms with E-state index in [2.05, 4.69) is 180 Å². The van der Waals surface area contributed by atoms with Crippen LogP contribution in [0.4, 0.5) is 0 Å². The second-order valence-corrected chi connectivity index (χ2v) is 26.9. The molecule has 3 aliphatic rings. The van der Waals surface area contributed by atoms with Crippen LogP contribution in [-0.4, -0.2) is 103 Å². The van der Waals surface area contributed by atoms with Gasteiger partial charge in [-0.15, -0.1) is 0 Å². The van der Waals surface area contributed by atoms with E-state index >= 15 is 0 Å². The number of nitrogens with zero attached hydrogens (tertiary/aromatic N) is 2. The van der Waals surface area contributed by atoms with Crippen LogP contribution in [0.3, 0.4) is 0 Å². The van der Waals surface area contributed by atoms with E-state index in [-0.39, 0.29) is 10.1 Å². The van der Waals surface area contributed by atoms with Crippen LogP contribution in [0.25, 0.3) is 0 Å². The summed E-state index contributed by atoms with van der Waals surface area (Å²) in [6, 6.07) is 43.6. The van der Waals surface area contributed by atoms with Crippen LogP contribution >= 0.6 is 0 Å². The van der Waals surface area contributed by atoms with Crippen molar-refractivity contribution in [2.75, 3.05) is 46.4 Å². The van der Waals surface area contributed by atoms with Gasteiger partial charge in [-0.25, -0.2) is 0 Å². The lowest BCUT2D eigenvalue weighted by Gasteiger charge is -2.50. The van der Waals surface area contributed by atoms with Crippen molar-refractivity contribution in [2.45, 2.75) is 95.4 Å². The first-order valence-electron chi connectivity index (χ1n) is 20.1. The molecule has 294 valence electrons. The van der Waals surface area contributed by atoms with Crippen LogP contribution in [0.15, 0.2) is 121 Å². The van der Waals surface area contributed by atoms with Gasteiger partial charge in [0.25, 0.3) is 16.6 Å². The van der Waals surface area contributed by atoms with Gasteiger partial charge in [0.2, 0.25) is 0 Å². The summed E-state index contributed by atoms with van der Waals surface area (Å²) in [7, 11) is -3.90. The normalized spacial score (nSPS) is 25.2. The fourth-order valence-corrected chi connectivity index (χ4v) is 18.7. The van der Waals surface area contributed by atoms with E-state index in [0.29, 0.717) is 13.2 Å². The first-order chi connectivity index (χ1) is 26.1. The van der Waals surface area contributed by atoms with Crippen molar-refractivity contribution in [3.05, 3.63) is 121 Å². The average molecular weight is 779 g/mol. The molecule has 4 aromatic rings. The standard InChI is InChI=1S/C46H62N2O5Si2/c1-43(2,3)54(36-22-14-10-15-23-36,37-24-16-11-17-25-37)49-35-46(34-48-32-30-47(9)31-33-48)41(40-42(52-46)51-45(7,8)50-40)53-55(44(4,5)6,38-26-18-12-19-27-38)39-28-20-13-21-29-39/h10-29,40-42H,30-35H2,1-9H3/t40-,41-,42+,46-/m1/s1. The largest absolute Gasteiger partial charge is 0.404 e. The summed E-state index contributed by atoms with van der Waals surface area (Å²) in [5, 5.41) is 4.43. The molecule has 0 amide bonds. The van der Waals surface area contributed by atoms with E-state index < -0.39 is 46.5 Å². The Balaban J connectivity index is 1.43. The summed E-state index contributed by atoms with van der Waals surface area (Å²) in [5.74, 6) is -0.832. The number of rotatable bonds is 11. The highest BCUT2D eigenvalue weighted by Gasteiger charge is 2.67. The Hall–Kier alpha value is -2.97. The highest BCUT2D eigenvalue weighted by Crippen LogP contribution is 2.49. The number of hydrogen-bond acceptors (Lipinski definition) is 7. The number of hydrogen-bond donors (Lipinski definition) is 0. The van der Waals surface area contributed by atoms with Crippen molar-refractivity contribution in [3.8, 4) is 0 Å². The first-order valence-corrected chi connectivity index (χ1v) is 23.9. The molecule has 0 N–H and O–H groups in total. The molecule has 0 spiro atoms. The molecule has 7 nitrogen and oxygen atoms in total. The Morgan fingerprint density at radius 1 is 0.600 bits per heavy atom. The molecule has 0 aromatic heterocycles. The molecule has 3 saturated heterocycles. The lowest BCUT2D eigenvalue weighted by molar-refractivity contribution is -0.246. The number of piperazine rings is 1. The molecule has 0 radical (unpaired) electrons. The van der Waals surface area contributed by atoms with E-state index in [4.69, 9.17) is 23.1 Å². The molecule has 9 heteroatoms. The Morgan fingerprint density at radius 3 is 1.44 bits per heavy atom. The van der Waals surface area contributed by atoms with Gasteiger partial charge in [0.1, 0.15) is 17.8 Å². The van der Waals surface area contributed by atoms with Crippen molar-refractivity contribution >= 4 is 37.4 Å². The number of likely N-dealkylation sites (N-methyl/N-ethyl adjacent to an activating group) is 1. The average Bonchev–Trinajstić information content (AvgIpc) is 3.59. The van der Waals surface area contributed by atoms with Crippen LogP contribution in [0.2, 0.25) is 10.1 Å². The van der Waals surface area contributed by atoms with Crippen LogP contribution in [0.5, 0.6) is 0 Å². The maximum Gasteiger partial charge on any atom is 0.261 e. The maximum atomic E-state index is 8.19. The minimum Gasteiger partial charge on any atom is -0.404 e. The summed E-state index contributed by atoms with van der Waals surface area (Å²) in [5.41, 5.74) is -0.929. The highest BCUT2D eigenvalue weighted by atomic mass is 28.4. The maximum absolute atomic E-state index is 8.19. The molecular weight excluding hydrogens is 717 g/mol. The second kappa shape index (κ2) is 15.4. The van der Waals surface area contributed by atoms with Gasteiger partial charge < -0.3 is 28.0 Å². The van der Waals surface area contributed by atoms with Crippen molar-refractivity contribution in [3.63, 3.8) is 0 Å². The second-order valence-electron chi connectivity index (χ2n) is 18.4. The highest BCUT2D eigenvalue weighted by molar-refractivity contribution is 7.00. The van der Waals surface area contributed by atoms with Gasteiger partial charge in [0.05, 0.1) is 6.61 Å². The van der Waals surface area contributed by atoms with Crippen LogP contribution < -0.4 is 20.7 Å². The van der Waals surface area contributed by atoms with Gasteiger partial charge in [-0.1, -0.05) is 163 Å². The minimum atomic E-state index is -3.11. The van der Waals surface area contributed by atoms with E-state index in [9.17, 15) is 0 Å². The third-order valence-corrected chi connectivity index (χ3v) is 22.0. The van der Waals surface area contributed by atoms with E-state index in [0.717, 1.165) is 26.2 Å². The number of ether oxygens (including phenoxy) is 3. The SMILES string of the molecule is CN1CCN(C[C@]2(CO[Si](c3ccccc3)(c3ccccc3)C(C)(C)C)O[C@@H]3OC(C)(C)O[C@@H]3[C@H]2O[Si](c2ccccc2)(c2ccccc2)C(C)(C)C)CC1. The zero-order valence-corrected chi connectivity index (χ0v) is 36.5. The van der Waals surface area contributed by atoms with Gasteiger partial charge >= 0.3 is 0 Å². The smallest absolute Gasteiger partial charge is 0.261 e. The predicted octanol–water partition coefficient (Wildman–Crippen LogP) is 6.00. The predicted molar refractivity (Wildman–Crippen MR) is 228 cm³/mol. The molecule has 3 heterocycles. The summed E-state index contributed by atoms with van der Waals surface area (Å²) < 4.78 is 37.1. The zero-order valence-electron chi connectivity index (χ0n) is 34.5. The van der Waals surface area contributed by atoms with E-state index in [1.807, 2.05) is 13.8 Å². The third-order valence-electron chi connectivity index (χ3n) is 12.0. The molecule has 0 unspecified atom stereocenters. The van der Waals surface area contributed by atoms with Crippen LogP contribution in [-0.2, 0) is 23.1 Å². The minimum absolute atomic E-state index is 0.220. The molecular formula is C46H62N2O5Si2. The molecule has 4 atom stereocenters. The van der Waals surface area contributed by atoms with Gasteiger partial charge in [-0.05, 0) is 51.7 Å². The summed E-state index contributed by atoms with van der Waals surface area (Å²) in [4.78, 5) is 4.94. The first kappa shape index (κ1) is 40.2. The van der Waals surface area contributed by atoms with Crippen molar-refractivity contribution < 1.29 is 23.1 Å². The number of benzene rings is 4. The van der Waals surface area contributed by atoms with E-state index in [1.165, 1.54) is 20.7 Å². The fourth-order valence-electron chi connectivity index (χ4n) is 9.37. The Bertz CT molecular complexity index is 1760. The zero-order chi connectivity index (χ0) is 39.1. The third kappa shape index (κ3) is 7.60.